The summed E-state index contributed by atoms with van der Waals surface area (Å²) in [6, 6.07) is 10.0. The number of carboxylic acids is 1. The summed E-state index contributed by atoms with van der Waals surface area (Å²) in [6.45, 7) is 5.41. The van der Waals surface area contributed by atoms with Crippen LogP contribution in [0.25, 0.3) is 11.4 Å². The molecule has 150 valence electrons. The van der Waals surface area contributed by atoms with Crippen molar-refractivity contribution in [1.29, 1.82) is 0 Å². The van der Waals surface area contributed by atoms with Gasteiger partial charge in [-0.25, -0.2) is 4.98 Å². The molecule has 2 aliphatic rings. The minimum absolute atomic E-state index is 0.652. The highest BCUT2D eigenvalue weighted by Crippen LogP contribution is 2.31. The molecule has 1 N–H and O–H groups in total. The molecule has 1 aliphatic carbocycles. The van der Waals surface area contributed by atoms with E-state index in [2.05, 4.69) is 9.80 Å². The van der Waals surface area contributed by atoms with Gasteiger partial charge in [-0.15, -0.1) is 0 Å². The molecule has 2 heterocycles. The summed E-state index contributed by atoms with van der Waals surface area (Å²) in [7, 11) is 1.93. The number of aryl methyl sites for hydroxylation is 1. The Morgan fingerprint density at radius 1 is 1.11 bits per heavy atom. The molecule has 2 fully saturated rings. The second-order valence-electron chi connectivity index (χ2n) is 8.08. The van der Waals surface area contributed by atoms with E-state index in [9.17, 15) is 9.90 Å². The van der Waals surface area contributed by atoms with Crippen LogP contribution < -0.4 is 0 Å². The Kier molecular flexibility index (Phi) is 5.51. The van der Waals surface area contributed by atoms with Crippen LogP contribution in [-0.2, 0) is 11.8 Å². The number of hydrogen-bond donors (Lipinski definition) is 1. The number of carboxylic acid groups (broad SMARTS) is 1. The zero-order valence-electron chi connectivity index (χ0n) is 16.8. The van der Waals surface area contributed by atoms with Crippen molar-refractivity contribution in [2.24, 2.45) is 7.05 Å². The lowest BCUT2D eigenvalue weighted by Crippen LogP contribution is -2.52. The summed E-state index contributed by atoms with van der Waals surface area (Å²) in [6.07, 6.45) is 5.26. The largest absolute Gasteiger partial charge is 0.480 e. The van der Waals surface area contributed by atoms with Gasteiger partial charge in [-0.3, -0.25) is 14.6 Å². The Labute approximate surface area is 166 Å². The molecule has 28 heavy (non-hydrogen) atoms. The maximum atomic E-state index is 12.3. The van der Waals surface area contributed by atoms with Gasteiger partial charge in [0.05, 0.1) is 11.4 Å². The highest BCUT2D eigenvalue weighted by molar-refractivity contribution is 5.76. The van der Waals surface area contributed by atoms with Gasteiger partial charge in [-0.1, -0.05) is 43.2 Å². The third kappa shape index (κ3) is 3.59. The Balaban J connectivity index is 1.57. The van der Waals surface area contributed by atoms with Crippen molar-refractivity contribution in [2.75, 3.05) is 26.2 Å². The lowest BCUT2D eigenvalue weighted by Gasteiger charge is -2.40. The van der Waals surface area contributed by atoms with Gasteiger partial charge >= 0.3 is 5.97 Å². The van der Waals surface area contributed by atoms with E-state index >= 15 is 0 Å². The second-order valence-corrected chi connectivity index (χ2v) is 8.08. The third-order valence-electron chi connectivity index (χ3n) is 6.40. The smallest absolute Gasteiger partial charge is 0.327 e. The van der Waals surface area contributed by atoms with E-state index in [1.54, 1.807) is 0 Å². The van der Waals surface area contributed by atoms with Crippen LogP contribution in [0.1, 0.15) is 43.1 Å². The van der Waals surface area contributed by atoms with E-state index in [1.807, 2.05) is 48.9 Å². The molecular weight excluding hydrogens is 352 g/mol. The Morgan fingerprint density at radius 3 is 2.36 bits per heavy atom. The van der Waals surface area contributed by atoms with Crippen LogP contribution in [0.2, 0.25) is 0 Å². The summed E-state index contributed by atoms with van der Waals surface area (Å²) < 4.78 is 1.97. The fourth-order valence-corrected chi connectivity index (χ4v) is 4.95. The van der Waals surface area contributed by atoms with Crippen molar-refractivity contribution in [1.82, 2.24) is 19.4 Å². The highest BCUT2D eigenvalue weighted by atomic mass is 16.4. The monoisotopic (exact) mass is 382 g/mol. The third-order valence-corrected chi connectivity index (χ3v) is 6.40. The van der Waals surface area contributed by atoms with Crippen LogP contribution in [0, 0.1) is 6.92 Å². The van der Waals surface area contributed by atoms with Gasteiger partial charge in [-0.05, 0) is 19.8 Å². The summed E-state index contributed by atoms with van der Waals surface area (Å²) in [5.74, 6) is 0.0315. The van der Waals surface area contributed by atoms with Gasteiger partial charge < -0.3 is 9.67 Å². The molecule has 1 aliphatic heterocycles. The summed E-state index contributed by atoms with van der Waals surface area (Å²) in [5.41, 5.74) is 2.60. The van der Waals surface area contributed by atoms with Crippen molar-refractivity contribution >= 4 is 5.97 Å². The zero-order chi connectivity index (χ0) is 19.7. The van der Waals surface area contributed by atoms with Crippen molar-refractivity contribution < 1.29 is 9.90 Å². The Hall–Kier alpha value is -2.18. The van der Waals surface area contributed by atoms with Gasteiger partial charge in [0, 0.05) is 44.8 Å². The van der Waals surface area contributed by atoms with Crippen LogP contribution in [-0.4, -0.2) is 62.6 Å². The SMILES string of the molecule is Cc1nc(-c2ccccc2)n(C)c1C(C(=O)O)N1CCN(C2CCCC2)CC1. The minimum Gasteiger partial charge on any atom is -0.480 e. The molecule has 1 atom stereocenters. The van der Waals surface area contributed by atoms with Crippen molar-refractivity contribution in [3.8, 4) is 11.4 Å². The van der Waals surface area contributed by atoms with Gasteiger partial charge in [0.2, 0.25) is 0 Å². The lowest BCUT2D eigenvalue weighted by molar-refractivity contribution is -0.144. The maximum Gasteiger partial charge on any atom is 0.327 e. The molecule has 1 saturated carbocycles. The lowest BCUT2D eigenvalue weighted by atomic mass is 10.1. The molecule has 0 amide bonds. The molecule has 0 radical (unpaired) electrons. The van der Waals surface area contributed by atoms with E-state index in [0.717, 1.165) is 49.0 Å². The zero-order valence-corrected chi connectivity index (χ0v) is 16.8. The molecule has 1 aromatic carbocycles. The molecule has 1 unspecified atom stereocenters. The van der Waals surface area contributed by atoms with Crippen LogP contribution in [0.3, 0.4) is 0 Å². The number of hydrogen-bond acceptors (Lipinski definition) is 4. The first-order chi connectivity index (χ1) is 13.6. The first-order valence-electron chi connectivity index (χ1n) is 10.4. The van der Waals surface area contributed by atoms with E-state index in [-0.39, 0.29) is 0 Å². The normalized spacial score (nSPS) is 20.5. The van der Waals surface area contributed by atoms with Crippen molar-refractivity contribution in [3.05, 3.63) is 41.7 Å². The van der Waals surface area contributed by atoms with Gasteiger partial charge in [0.1, 0.15) is 5.82 Å². The highest BCUT2D eigenvalue weighted by Gasteiger charge is 2.36. The molecule has 6 nitrogen and oxygen atoms in total. The fourth-order valence-electron chi connectivity index (χ4n) is 4.95. The van der Waals surface area contributed by atoms with E-state index in [0.29, 0.717) is 6.04 Å². The average molecular weight is 383 g/mol. The first kappa shape index (κ1) is 19.2. The standard InChI is InChI=1S/C22H30N4O2/c1-16-19(24(2)21(23-16)17-8-4-3-5-9-17)20(22(27)28)26-14-12-25(13-15-26)18-10-6-7-11-18/h3-5,8-9,18,20H,6-7,10-15H2,1-2H3,(H,27,28). The molecule has 1 aromatic heterocycles. The summed E-state index contributed by atoms with van der Waals surface area (Å²) in [4.78, 5) is 21.7. The van der Waals surface area contributed by atoms with E-state index in [1.165, 1.54) is 25.7 Å². The number of nitrogens with zero attached hydrogens (tertiary/aromatic N) is 4. The minimum atomic E-state index is -0.792. The number of rotatable bonds is 5. The van der Waals surface area contributed by atoms with Gasteiger partial charge in [-0.2, -0.15) is 0 Å². The molecule has 1 saturated heterocycles. The number of benzene rings is 1. The summed E-state index contributed by atoms with van der Waals surface area (Å²) in [5, 5.41) is 10.1. The molecule has 0 bridgehead atoms. The second kappa shape index (κ2) is 8.05. The van der Waals surface area contributed by atoms with Crippen LogP contribution >= 0.6 is 0 Å². The predicted octanol–water partition coefficient (Wildman–Crippen LogP) is 3.08. The maximum absolute atomic E-state index is 12.3. The van der Waals surface area contributed by atoms with Crippen molar-refractivity contribution in [3.63, 3.8) is 0 Å². The van der Waals surface area contributed by atoms with Crippen LogP contribution in [0.5, 0.6) is 0 Å². The number of imidazole rings is 1. The number of piperazine rings is 1. The number of carbonyl (C=O) groups is 1. The molecule has 4 rings (SSSR count). The van der Waals surface area contributed by atoms with Gasteiger partial charge in [0.15, 0.2) is 6.04 Å². The quantitative estimate of drug-likeness (QED) is 0.861. The summed E-state index contributed by atoms with van der Waals surface area (Å²) >= 11 is 0. The van der Waals surface area contributed by atoms with E-state index < -0.39 is 12.0 Å². The van der Waals surface area contributed by atoms with Crippen LogP contribution in [0.15, 0.2) is 30.3 Å². The molecule has 2 aromatic rings. The van der Waals surface area contributed by atoms with Crippen LogP contribution in [0.4, 0.5) is 0 Å². The topological polar surface area (TPSA) is 61.6 Å². The Bertz CT molecular complexity index is 819. The molecule has 0 spiro atoms. The van der Waals surface area contributed by atoms with Gasteiger partial charge in [0.25, 0.3) is 0 Å². The van der Waals surface area contributed by atoms with E-state index in [4.69, 9.17) is 4.98 Å². The van der Waals surface area contributed by atoms with Crippen molar-refractivity contribution in [2.45, 2.75) is 44.7 Å². The predicted molar refractivity (Wildman–Crippen MR) is 109 cm³/mol. The molecular formula is C22H30N4O2. The molecule has 6 heteroatoms. The first-order valence-corrected chi connectivity index (χ1v) is 10.4. The number of aromatic nitrogens is 2. The Morgan fingerprint density at radius 2 is 1.75 bits per heavy atom. The average Bonchev–Trinajstić information content (AvgIpc) is 3.33. The fraction of sp³-hybridized carbons (Fsp3) is 0.545. The number of aliphatic carboxylic acids is 1.